The minimum absolute atomic E-state index is 0.100. The highest BCUT2D eigenvalue weighted by molar-refractivity contribution is 6.09. The lowest BCUT2D eigenvalue weighted by molar-refractivity contribution is -0.112. The van der Waals surface area contributed by atoms with E-state index in [-0.39, 0.29) is 22.6 Å². The molecule has 0 aromatic heterocycles. The van der Waals surface area contributed by atoms with Gasteiger partial charge in [-0.1, -0.05) is 18.2 Å². The van der Waals surface area contributed by atoms with Crippen molar-refractivity contribution in [2.75, 3.05) is 5.32 Å². The lowest BCUT2D eigenvalue weighted by Gasteiger charge is -2.04. The first-order valence-corrected chi connectivity index (χ1v) is 6.10. The summed E-state index contributed by atoms with van der Waals surface area (Å²) in [5, 5.41) is 30.5. The number of phenols is 2. The van der Waals surface area contributed by atoms with Gasteiger partial charge in [0.25, 0.3) is 5.91 Å². The molecule has 0 atom stereocenters. The molecule has 0 unspecified atom stereocenters. The highest BCUT2D eigenvalue weighted by atomic mass is 16.3. The molecule has 0 fully saturated rings. The quantitative estimate of drug-likeness (QED) is 0.595. The van der Waals surface area contributed by atoms with Gasteiger partial charge in [-0.3, -0.25) is 4.79 Å². The van der Waals surface area contributed by atoms with Crippen molar-refractivity contribution in [3.63, 3.8) is 0 Å². The number of amides is 1. The fourth-order valence-electron chi connectivity index (χ4n) is 1.68. The molecule has 0 heterocycles. The van der Waals surface area contributed by atoms with Gasteiger partial charge in [0.1, 0.15) is 23.1 Å². The summed E-state index contributed by atoms with van der Waals surface area (Å²) in [6, 6.07) is 14.4. The summed E-state index contributed by atoms with van der Waals surface area (Å²) in [7, 11) is 0. The number of para-hydroxylation sites is 1. The maximum absolute atomic E-state index is 12.0. The Labute approximate surface area is 121 Å². The number of nitriles is 1. The van der Waals surface area contributed by atoms with Crippen LogP contribution in [0.25, 0.3) is 6.08 Å². The number of carbonyl (C=O) groups is 1. The number of nitrogens with one attached hydrogen (secondary N) is 1. The summed E-state index contributed by atoms with van der Waals surface area (Å²) in [5.41, 5.74) is 0.686. The van der Waals surface area contributed by atoms with Crippen LogP contribution in [0.1, 0.15) is 5.56 Å². The van der Waals surface area contributed by atoms with Crippen molar-refractivity contribution in [3.8, 4) is 17.6 Å². The van der Waals surface area contributed by atoms with E-state index in [1.807, 2.05) is 6.07 Å². The molecule has 0 aliphatic rings. The maximum atomic E-state index is 12.0. The molecule has 3 N–H and O–H groups in total. The fraction of sp³-hybridized carbons (Fsp3) is 0. The number of rotatable bonds is 3. The van der Waals surface area contributed by atoms with Crippen LogP contribution >= 0.6 is 0 Å². The number of aromatic hydroxyl groups is 2. The number of phenolic OH excluding ortho intramolecular Hbond substituents is 2. The Morgan fingerprint density at radius 2 is 1.86 bits per heavy atom. The van der Waals surface area contributed by atoms with E-state index in [9.17, 15) is 15.0 Å². The average Bonchev–Trinajstić information content (AvgIpc) is 2.47. The molecular formula is C16H12N2O3. The summed E-state index contributed by atoms with van der Waals surface area (Å²) in [5.74, 6) is -0.886. The van der Waals surface area contributed by atoms with Crippen LogP contribution in [0.5, 0.6) is 11.5 Å². The van der Waals surface area contributed by atoms with Gasteiger partial charge in [-0.25, -0.2) is 0 Å². The molecule has 0 spiro atoms. The highest BCUT2D eigenvalue weighted by Gasteiger charge is 2.10. The second-order valence-corrected chi connectivity index (χ2v) is 4.23. The van der Waals surface area contributed by atoms with Crippen LogP contribution in [0, 0.1) is 11.3 Å². The van der Waals surface area contributed by atoms with E-state index in [1.54, 1.807) is 30.3 Å². The number of benzene rings is 2. The van der Waals surface area contributed by atoms with Gasteiger partial charge in [-0.15, -0.1) is 0 Å². The van der Waals surface area contributed by atoms with Crippen LogP contribution in [-0.2, 0) is 4.79 Å². The Bertz CT molecular complexity index is 731. The van der Waals surface area contributed by atoms with Crippen molar-refractivity contribution >= 4 is 17.7 Å². The second kappa shape index (κ2) is 6.26. The minimum atomic E-state index is -0.573. The van der Waals surface area contributed by atoms with Gasteiger partial charge in [0.05, 0.1) is 0 Å². The third-order valence-electron chi connectivity index (χ3n) is 2.71. The fourth-order valence-corrected chi connectivity index (χ4v) is 1.68. The smallest absolute Gasteiger partial charge is 0.266 e. The van der Waals surface area contributed by atoms with Crippen molar-refractivity contribution in [3.05, 3.63) is 59.7 Å². The van der Waals surface area contributed by atoms with Crippen molar-refractivity contribution in [1.29, 1.82) is 5.26 Å². The van der Waals surface area contributed by atoms with Gasteiger partial charge in [-0.05, 0) is 30.3 Å². The Kier molecular flexibility index (Phi) is 4.22. The molecule has 0 bridgehead atoms. The van der Waals surface area contributed by atoms with Crippen LogP contribution in [-0.4, -0.2) is 16.1 Å². The number of hydrogen-bond acceptors (Lipinski definition) is 4. The van der Waals surface area contributed by atoms with Gasteiger partial charge < -0.3 is 15.5 Å². The van der Waals surface area contributed by atoms with Crippen LogP contribution in [0.15, 0.2) is 54.1 Å². The van der Waals surface area contributed by atoms with Crippen LogP contribution in [0.4, 0.5) is 5.69 Å². The summed E-state index contributed by atoms with van der Waals surface area (Å²) >= 11 is 0. The summed E-state index contributed by atoms with van der Waals surface area (Å²) in [6.07, 6.45) is 1.26. The molecule has 5 heteroatoms. The van der Waals surface area contributed by atoms with Gasteiger partial charge in [0.2, 0.25) is 0 Å². The van der Waals surface area contributed by atoms with Crippen LogP contribution in [0.2, 0.25) is 0 Å². The summed E-state index contributed by atoms with van der Waals surface area (Å²) in [6.45, 7) is 0. The molecule has 2 aromatic rings. The maximum Gasteiger partial charge on any atom is 0.266 e. The average molecular weight is 280 g/mol. The summed E-state index contributed by atoms with van der Waals surface area (Å²) in [4.78, 5) is 12.0. The SMILES string of the molecule is N#C/C(=C\c1ccc(O)cc1O)C(=O)Nc1ccccc1. The highest BCUT2D eigenvalue weighted by Crippen LogP contribution is 2.24. The van der Waals surface area contributed by atoms with Crippen molar-refractivity contribution in [1.82, 2.24) is 0 Å². The molecular weight excluding hydrogens is 268 g/mol. The zero-order valence-electron chi connectivity index (χ0n) is 10.9. The van der Waals surface area contributed by atoms with E-state index in [4.69, 9.17) is 5.26 Å². The molecule has 2 aromatic carbocycles. The van der Waals surface area contributed by atoms with E-state index in [2.05, 4.69) is 5.32 Å². The molecule has 2 rings (SSSR count). The van der Waals surface area contributed by atoms with E-state index in [0.29, 0.717) is 5.69 Å². The summed E-state index contributed by atoms with van der Waals surface area (Å²) < 4.78 is 0. The normalized spacial score (nSPS) is 10.7. The molecule has 5 nitrogen and oxygen atoms in total. The van der Waals surface area contributed by atoms with E-state index in [0.717, 1.165) is 6.07 Å². The van der Waals surface area contributed by atoms with E-state index in [1.165, 1.54) is 18.2 Å². The number of hydrogen-bond donors (Lipinski definition) is 3. The number of nitrogens with zero attached hydrogens (tertiary/aromatic N) is 1. The van der Waals surface area contributed by atoms with Crippen molar-refractivity contribution in [2.24, 2.45) is 0 Å². The molecule has 104 valence electrons. The van der Waals surface area contributed by atoms with Crippen LogP contribution in [0.3, 0.4) is 0 Å². The van der Waals surface area contributed by atoms with Crippen LogP contribution < -0.4 is 5.32 Å². The Morgan fingerprint density at radius 3 is 2.48 bits per heavy atom. The third kappa shape index (κ3) is 3.61. The number of carbonyl (C=O) groups excluding carboxylic acids is 1. The predicted molar refractivity (Wildman–Crippen MR) is 78.4 cm³/mol. The number of anilines is 1. The lowest BCUT2D eigenvalue weighted by Crippen LogP contribution is -2.13. The molecule has 0 aliphatic heterocycles. The first-order chi connectivity index (χ1) is 10.1. The molecule has 0 aliphatic carbocycles. The van der Waals surface area contributed by atoms with Crippen molar-refractivity contribution in [2.45, 2.75) is 0 Å². The van der Waals surface area contributed by atoms with E-state index < -0.39 is 5.91 Å². The first kappa shape index (κ1) is 14.2. The largest absolute Gasteiger partial charge is 0.508 e. The minimum Gasteiger partial charge on any atom is -0.508 e. The third-order valence-corrected chi connectivity index (χ3v) is 2.71. The Hall–Kier alpha value is -3.26. The monoisotopic (exact) mass is 280 g/mol. The predicted octanol–water partition coefficient (Wildman–Crippen LogP) is 2.64. The topological polar surface area (TPSA) is 93.3 Å². The second-order valence-electron chi connectivity index (χ2n) is 4.23. The van der Waals surface area contributed by atoms with E-state index >= 15 is 0 Å². The molecule has 0 saturated heterocycles. The Morgan fingerprint density at radius 1 is 1.14 bits per heavy atom. The zero-order chi connectivity index (χ0) is 15.2. The molecule has 0 saturated carbocycles. The first-order valence-electron chi connectivity index (χ1n) is 6.10. The van der Waals surface area contributed by atoms with Gasteiger partial charge in [-0.2, -0.15) is 5.26 Å². The Balaban J connectivity index is 2.25. The standard InChI is InChI=1S/C16H12N2O3/c17-10-12(8-11-6-7-14(19)9-15(11)20)16(21)18-13-4-2-1-3-5-13/h1-9,19-20H,(H,18,21)/b12-8+. The molecule has 21 heavy (non-hydrogen) atoms. The lowest BCUT2D eigenvalue weighted by atomic mass is 10.1. The van der Waals surface area contributed by atoms with Gasteiger partial charge in [0, 0.05) is 17.3 Å². The van der Waals surface area contributed by atoms with Gasteiger partial charge >= 0.3 is 0 Å². The zero-order valence-corrected chi connectivity index (χ0v) is 10.9. The molecule has 0 radical (unpaired) electrons. The van der Waals surface area contributed by atoms with Gasteiger partial charge in [0.15, 0.2) is 0 Å². The molecule has 1 amide bonds. The van der Waals surface area contributed by atoms with Crippen molar-refractivity contribution < 1.29 is 15.0 Å².